The molecule has 0 fully saturated rings. The van der Waals surface area contributed by atoms with Crippen molar-refractivity contribution in [2.75, 3.05) is 0 Å². The average molecular weight is 520 g/mol. The third kappa shape index (κ3) is 3.64. The maximum absolute atomic E-state index is 12.1. The first-order valence-corrected chi connectivity index (χ1v) is 10.1. The molecule has 2 N–H and O–H groups in total. The number of aromatic nitrogens is 3. The summed E-state index contributed by atoms with van der Waals surface area (Å²) in [6, 6.07) is 10.4. The highest BCUT2D eigenvalue weighted by molar-refractivity contribution is 9.11. The van der Waals surface area contributed by atoms with Crippen molar-refractivity contribution in [1.82, 2.24) is 14.8 Å². The number of fused-ring (bicyclic) bond motifs is 1. The molecule has 0 amide bonds. The Morgan fingerprint density at radius 1 is 1.24 bits per heavy atom. The lowest BCUT2D eigenvalue weighted by Crippen LogP contribution is -2.33. The number of rotatable bonds is 3. The van der Waals surface area contributed by atoms with Crippen LogP contribution in [0.1, 0.15) is 29.3 Å². The quantitative estimate of drug-likeness (QED) is 0.548. The van der Waals surface area contributed by atoms with Crippen LogP contribution < -0.4 is 16.0 Å². The zero-order valence-corrected chi connectivity index (χ0v) is 17.8. The van der Waals surface area contributed by atoms with E-state index in [1.807, 2.05) is 18.2 Å². The number of aliphatic hydroxyl groups is 1. The van der Waals surface area contributed by atoms with Crippen LogP contribution in [-0.4, -0.2) is 19.9 Å². The number of nitriles is 1. The van der Waals surface area contributed by atoms with Crippen molar-refractivity contribution in [1.29, 1.82) is 5.26 Å². The second-order valence-electron chi connectivity index (χ2n) is 6.39. The molecule has 1 heterocycles. The molecule has 146 valence electrons. The lowest BCUT2D eigenvalue weighted by molar-refractivity contribution is 0.180. The van der Waals surface area contributed by atoms with Crippen LogP contribution >= 0.6 is 31.9 Å². The van der Waals surface area contributed by atoms with E-state index in [1.165, 1.54) is 0 Å². The van der Waals surface area contributed by atoms with E-state index in [9.17, 15) is 14.7 Å². The molecule has 29 heavy (non-hydrogen) atoms. The number of nitrogens with one attached hydrogen (secondary N) is 1. The predicted octanol–water partition coefficient (Wildman–Crippen LogP) is 3.09. The fraction of sp³-hybridized carbons (Fsp3) is 0.158. The molecule has 1 aliphatic rings. The maximum Gasteiger partial charge on any atom is 0.349 e. The second-order valence-corrected chi connectivity index (χ2v) is 8.10. The van der Waals surface area contributed by atoms with Gasteiger partial charge in [-0.25, -0.2) is 4.79 Å². The Kier molecular flexibility index (Phi) is 5.12. The molecule has 0 spiro atoms. The van der Waals surface area contributed by atoms with Gasteiger partial charge in [-0.1, -0.05) is 6.07 Å². The molecule has 0 saturated heterocycles. The lowest BCUT2D eigenvalue weighted by Gasteiger charge is -2.14. The van der Waals surface area contributed by atoms with Crippen LogP contribution in [0.2, 0.25) is 0 Å². The largest absolute Gasteiger partial charge is 0.455 e. The molecule has 1 aliphatic carbocycles. The van der Waals surface area contributed by atoms with Gasteiger partial charge in [0.1, 0.15) is 11.8 Å². The van der Waals surface area contributed by atoms with E-state index in [0.29, 0.717) is 32.6 Å². The van der Waals surface area contributed by atoms with Gasteiger partial charge in [0, 0.05) is 0 Å². The highest BCUT2D eigenvalue weighted by Gasteiger charge is 2.21. The highest BCUT2D eigenvalue weighted by Crippen LogP contribution is 2.40. The first-order chi connectivity index (χ1) is 13.9. The Labute approximate surface area is 180 Å². The molecule has 10 heteroatoms. The van der Waals surface area contributed by atoms with Crippen LogP contribution in [0.15, 0.2) is 48.9 Å². The van der Waals surface area contributed by atoms with Crippen molar-refractivity contribution in [3.8, 4) is 23.3 Å². The monoisotopic (exact) mass is 518 g/mol. The smallest absolute Gasteiger partial charge is 0.349 e. The van der Waals surface area contributed by atoms with Gasteiger partial charge in [-0.05, 0) is 80.1 Å². The number of aliphatic hydroxyl groups excluding tert-OH is 1. The van der Waals surface area contributed by atoms with E-state index in [0.717, 1.165) is 22.2 Å². The van der Waals surface area contributed by atoms with Gasteiger partial charge in [0.25, 0.3) is 5.56 Å². The van der Waals surface area contributed by atoms with Gasteiger partial charge in [0.05, 0.1) is 20.7 Å². The summed E-state index contributed by atoms with van der Waals surface area (Å²) in [4.78, 5) is 25.7. The summed E-state index contributed by atoms with van der Waals surface area (Å²) in [5.74, 6) is 1.02. The number of aryl methyl sites for hydroxylation is 1. The van der Waals surface area contributed by atoms with E-state index in [2.05, 4.69) is 41.9 Å². The number of hydrogen-bond donors (Lipinski definition) is 2. The van der Waals surface area contributed by atoms with Crippen molar-refractivity contribution < 1.29 is 9.84 Å². The summed E-state index contributed by atoms with van der Waals surface area (Å²) < 4.78 is 7.93. The Balaban J connectivity index is 1.72. The number of H-pyrrole nitrogens is 1. The first kappa shape index (κ1) is 19.6. The standard InChI is InChI=1S/C19H12Br2N4O4/c20-13-5-10(25-19(28)23-18(27)15(8-22)24-25)6-14(21)17(13)29-11-3-1-9-2-4-16(26)12(9)7-11/h1,3,5-7,16,26H,2,4H2,(H,23,27,28). The molecule has 0 radical (unpaired) electrons. The zero-order valence-electron chi connectivity index (χ0n) is 14.6. The molecule has 1 atom stereocenters. The summed E-state index contributed by atoms with van der Waals surface area (Å²) in [5.41, 5.74) is 0.251. The normalized spacial score (nSPS) is 15.0. The van der Waals surface area contributed by atoms with Gasteiger partial charge in [-0.2, -0.15) is 9.94 Å². The molecular formula is C19H12Br2N4O4. The predicted molar refractivity (Wildman–Crippen MR) is 110 cm³/mol. The first-order valence-electron chi connectivity index (χ1n) is 8.49. The molecule has 0 aliphatic heterocycles. The Hall–Kier alpha value is -2.74. The number of nitrogens with zero attached hydrogens (tertiary/aromatic N) is 3. The van der Waals surface area contributed by atoms with E-state index in [-0.39, 0.29) is 0 Å². The topological polar surface area (TPSA) is 121 Å². The van der Waals surface area contributed by atoms with Gasteiger partial charge >= 0.3 is 5.69 Å². The molecule has 4 rings (SSSR count). The van der Waals surface area contributed by atoms with Crippen molar-refractivity contribution in [2.24, 2.45) is 0 Å². The van der Waals surface area contributed by atoms with Crippen LogP contribution in [0, 0.1) is 11.3 Å². The molecule has 3 aromatic rings. The van der Waals surface area contributed by atoms with Crippen molar-refractivity contribution >= 4 is 31.9 Å². The molecule has 0 saturated carbocycles. The van der Waals surface area contributed by atoms with E-state index in [1.54, 1.807) is 18.2 Å². The third-order valence-electron chi connectivity index (χ3n) is 4.54. The Bertz CT molecular complexity index is 1270. The zero-order chi connectivity index (χ0) is 20.7. The van der Waals surface area contributed by atoms with Crippen molar-refractivity contribution in [3.05, 3.63) is 76.9 Å². The second kappa shape index (κ2) is 7.59. The van der Waals surface area contributed by atoms with Crippen molar-refractivity contribution in [2.45, 2.75) is 18.9 Å². The highest BCUT2D eigenvalue weighted by atomic mass is 79.9. The minimum absolute atomic E-state index is 0.318. The summed E-state index contributed by atoms with van der Waals surface area (Å²) in [7, 11) is 0. The molecule has 8 nitrogen and oxygen atoms in total. The minimum atomic E-state index is -0.842. The van der Waals surface area contributed by atoms with E-state index >= 15 is 0 Å². The van der Waals surface area contributed by atoms with Crippen LogP contribution in [0.4, 0.5) is 0 Å². The molecule has 0 bridgehead atoms. The summed E-state index contributed by atoms with van der Waals surface area (Å²) >= 11 is 6.83. The number of hydrogen-bond acceptors (Lipinski definition) is 6. The lowest BCUT2D eigenvalue weighted by atomic mass is 10.1. The Morgan fingerprint density at radius 2 is 1.97 bits per heavy atom. The maximum atomic E-state index is 12.1. The summed E-state index contributed by atoms with van der Waals surface area (Å²) in [5, 5.41) is 22.8. The average Bonchev–Trinajstić information content (AvgIpc) is 3.05. The fourth-order valence-corrected chi connectivity index (χ4v) is 4.48. The molecule has 1 unspecified atom stereocenters. The van der Waals surface area contributed by atoms with E-state index < -0.39 is 23.0 Å². The molecule has 1 aromatic heterocycles. The minimum Gasteiger partial charge on any atom is -0.455 e. The summed E-state index contributed by atoms with van der Waals surface area (Å²) in [6.45, 7) is 0. The molecule has 2 aromatic carbocycles. The third-order valence-corrected chi connectivity index (χ3v) is 5.72. The number of halogens is 2. The van der Waals surface area contributed by atoms with Crippen molar-refractivity contribution in [3.63, 3.8) is 0 Å². The number of ether oxygens (including phenoxy) is 1. The van der Waals surface area contributed by atoms with Crippen LogP contribution in [0.25, 0.3) is 5.69 Å². The number of benzene rings is 2. The van der Waals surface area contributed by atoms with Crippen LogP contribution in [0.5, 0.6) is 11.5 Å². The number of aromatic amines is 1. The van der Waals surface area contributed by atoms with Crippen LogP contribution in [0.3, 0.4) is 0 Å². The fourth-order valence-electron chi connectivity index (χ4n) is 3.15. The van der Waals surface area contributed by atoms with Gasteiger partial charge in [-0.3, -0.25) is 9.78 Å². The van der Waals surface area contributed by atoms with Gasteiger partial charge in [-0.15, -0.1) is 5.10 Å². The van der Waals surface area contributed by atoms with E-state index in [4.69, 9.17) is 10.00 Å². The van der Waals surface area contributed by atoms with Crippen LogP contribution in [-0.2, 0) is 6.42 Å². The summed E-state index contributed by atoms with van der Waals surface area (Å²) in [6.07, 6.45) is 1.05. The SMILES string of the molecule is N#Cc1nn(-c2cc(Br)c(Oc3ccc4c(c3)C(O)CC4)c(Br)c2)c(=O)[nH]c1=O. The van der Waals surface area contributed by atoms with Gasteiger partial charge < -0.3 is 9.84 Å². The molecular weight excluding hydrogens is 508 g/mol. The van der Waals surface area contributed by atoms with Gasteiger partial charge in [0.15, 0.2) is 5.75 Å². The van der Waals surface area contributed by atoms with Gasteiger partial charge in [0.2, 0.25) is 5.69 Å². The Morgan fingerprint density at radius 3 is 2.66 bits per heavy atom.